The largest absolute Gasteiger partial charge is 0.361 e. The molecule has 86 valence electrons. The molecule has 1 aromatic heterocycles. The van der Waals surface area contributed by atoms with Crippen molar-refractivity contribution in [2.75, 3.05) is 7.05 Å². The number of carbonyl (C=O) groups excluding carboxylic acids is 2. The lowest BCUT2D eigenvalue weighted by Gasteiger charge is -2.07. The fraction of sp³-hybridized carbons (Fsp3) is 0.231. The summed E-state index contributed by atoms with van der Waals surface area (Å²) in [4.78, 5) is 27.5. The van der Waals surface area contributed by atoms with E-state index in [1.807, 2.05) is 0 Å². The fourth-order valence-corrected chi connectivity index (χ4v) is 2.04. The number of amides is 2. The summed E-state index contributed by atoms with van der Waals surface area (Å²) >= 11 is 0. The molecule has 0 aliphatic carbocycles. The number of imide groups is 1. The van der Waals surface area contributed by atoms with Crippen molar-refractivity contribution in [2.24, 2.45) is 0 Å². The Morgan fingerprint density at radius 1 is 1.41 bits per heavy atom. The van der Waals surface area contributed by atoms with E-state index >= 15 is 0 Å². The Balaban J connectivity index is 2.35. The summed E-state index contributed by atoms with van der Waals surface area (Å²) in [7, 11) is 1.36. The maximum atomic E-state index is 12.2. The van der Waals surface area contributed by atoms with Crippen molar-refractivity contribution in [3.63, 3.8) is 0 Å². The summed E-state index contributed by atoms with van der Waals surface area (Å²) in [6.45, 7) is 0. The van der Waals surface area contributed by atoms with Crippen LogP contribution < -0.4 is 0 Å². The van der Waals surface area contributed by atoms with Crippen LogP contribution in [0.5, 0.6) is 0 Å². The van der Waals surface area contributed by atoms with Crippen LogP contribution >= 0.6 is 0 Å². The third-order valence-electron chi connectivity index (χ3n) is 3.01. The molecular formula is C13H12N2O2. The molecule has 4 heteroatoms. The molecule has 2 heterocycles. The van der Waals surface area contributed by atoms with Crippen LogP contribution in [0.2, 0.25) is 0 Å². The standard InChI is InChI=1S/C13H12N2O2/c1-15-12(16)6-9(13(15)17)10-7-14-11-5-3-2-4-8(10)11/h2-5,7,9,14H,6H2,1H3/i2D,3D,4D,5D,7D. The van der Waals surface area contributed by atoms with Gasteiger partial charge in [0.05, 0.1) is 12.8 Å². The Labute approximate surface area is 105 Å². The van der Waals surface area contributed by atoms with Gasteiger partial charge in [-0.25, -0.2) is 0 Å². The lowest BCUT2D eigenvalue weighted by atomic mass is 9.97. The summed E-state index contributed by atoms with van der Waals surface area (Å²) in [5.74, 6) is -1.73. The van der Waals surface area contributed by atoms with Crippen LogP contribution in [-0.2, 0) is 9.59 Å². The minimum atomic E-state index is -0.891. The number of nitrogens with one attached hydrogen (secondary N) is 1. The second kappa shape index (κ2) is 3.45. The van der Waals surface area contributed by atoms with Crippen LogP contribution in [0, 0.1) is 0 Å². The van der Waals surface area contributed by atoms with Crippen molar-refractivity contribution < 1.29 is 16.4 Å². The average Bonchev–Trinajstić information content (AvgIpc) is 2.95. The third kappa shape index (κ3) is 1.37. The van der Waals surface area contributed by atoms with Crippen LogP contribution in [-0.4, -0.2) is 28.7 Å². The van der Waals surface area contributed by atoms with Crippen LogP contribution in [0.1, 0.15) is 24.8 Å². The molecule has 0 spiro atoms. The summed E-state index contributed by atoms with van der Waals surface area (Å²) < 4.78 is 39.3. The minimum Gasteiger partial charge on any atom is -0.361 e. The number of nitrogens with zero attached hydrogens (tertiary/aromatic N) is 1. The van der Waals surface area contributed by atoms with Crippen molar-refractivity contribution in [1.29, 1.82) is 0 Å². The zero-order valence-corrected chi connectivity index (χ0v) is 9.05. The molecule has 1 fully saturated rings. The first-order valence-corrected chi connectivity index (χ1v) is 5.14. The van der Waals surface area contributed by atoms with E-state index in [1.54, 1.807) is 0 Å². The lowest BCUT2D eigenvalue weighted by molar-refractivity contribution is -0.137. The van der Waals surface area contributed by atoms with Gasteiger partial charge in [0, 0.05) is 30.5 Å². The van der Waals surface area contributed by atoms with Gasteiger partial charge in [0.1, 0.15) is 0 Å². The van der Waals surface area contributed by atoms with E-state index in [1.165, 1.54) is 7.05 Å². The number of rotatable bonds is 1. The van der Waals surface area contributed by atoms with Crippen LogP contribution in [0.15, 0.2) is 30.3 Å². The zero-order chi connectivity index (χ0) is 16.3. The zero-order valence-electron chi connectivity index (χ0n) is 14.0. The Hall–Kier alpha value is -2.10. The molecule has 1 aliphatic rings. The summed E-state index contributed by atoms with van der Waals surface area (Å²) in [5.41, 5.74) is 0.241. The van der Waals surface area contributed by atoms with E-state index in [0.29, 0.717) is 0 Å². The number of hydrogen-bond acceptors (Lipinski definition) is 2. The number of carbonyl (C=O) groups is 2. The maximum Gasteiger partial charge on any atom is 0.237 e. The van der Waals surface area contributed by atoms with Gasteiger partial charge in [-0.1, -0.05) is 18.1 Å². The summed E-state index contributed by atoms with van der Waals surface area (Å²) in [6, 6.07) is -1.43. The molecule has 1 atom stereocenters. The smallest absolute Gasteiger partial charge is 0.237 e. The van der Waals surface area contributed by atoms with E-state index in [2.05, 4.69) is 4.98 Å². The molecule has 1 aliphatic heterocycles. The number of aromatic amines is 1. The van der Waals surface area contributed by atoms with Crippen LogP contribution in [0.3, 0.4) is 0 Å². The number of likely N-dealkylation sites (tertiary alicyclic amines) is 1. The maximum absolute atomic E-state index is 12.2. The van der Waals surface area contributed by atoms with Crippen molar-refractivity contribution in [3.05, 3.63) is 35.9 Å². The molecule has 0 saturated carbocycles. The molecule has 2 aromatic rings. The van der Waals surface area contributed by atoms with E-state index in [9.17, 15) is 9.59 Å². The van der Waals surface area contributed by atoms with E-state index in [0.717, 1.165) is 4.90 Å². The molecule has 1 unspecified atom stereocenters. The van der Waals surface area contributed by atoms with Gasteiger partial charge in [0.15, 0.2) is 0 Å². The van der Waals surface area contributed by atoms with Crippen molar-refractivity contribution in [1.82, 2.24) is 9.88 Å². The average molecular weight is 233 g/mol. The SMILES string of the molecule is [2H]c1[nH]c2c([2H])c([2H])c([2H])c([2H])c2c1C1CC(=O)N(C)C1=O. The Kier molecular flexibility index (Phi) is 1.22. The molecular weight excluding hydrogens is 216 g/mol. The predicted molar refractivity (Wildman–Crippen MR) is 63.4 cm³/mol. The normalized spacial score (nSPS) is 24.6. The van der Waals surface area contributed by atoms with Gasteiger partial charge < -0.3 is 4.98 Å². The molecule has 2 amide bonds. The number of para-hydroxylation sites is 1. The fourth-order valence-electron chi connectivity index (χ4n) is 2.04. The molecule has 1 saturated heterocycles. The van der Waals surface area contributed by atoms with Gasteiger partial charge >= 0.3 is 0 Å². The predicted octanol–water partition coefficient (Wildman–Crippen LogP) is 1.64. The minimum absolute atomic E-state index is 0.0841. The summed E-state index contributed by atoms with van der Waals surface area (Å²) in [5, 5.41) is 0.109. The molecule has 0 bridgehead atoms. The van der Waals surface area contributed by atoms with Crippen molar-refractivity contribution >= 4 is 22.7 Å². The topological polar surface area (TPSA) is 53.2 Å². The van der Waals surface area contributed by atoms with Gasteiger partial charge in [-0.15, -0.1) is 0 Å². The molecule has 0 radical (unpaired) electrons. The lowest BCUT2D eigenvalue weighted by Crippen LogP contribution is -2.25. The molecule has 4 nitrogen and oxygen atoms in total. The second-order valence-corrected chi connectivity index (χ2v) is 3.96. The third-order valence-corrected chi connectivity index (χ3v) is 3.01. The van der Waals surface area contributed by atoms with Gasteiger partial charge in [0.2, 0.25) is 11.8 Å². The number of hydrogen-bond donors (Lipinski definition) is 1. The number of fused-ring (bicyclic) bond motifs is 1. The van der Waals surface area contributed by atoms with E-state index in [4.69, 9.17) is 6.85 Å². The van der Waals surface area contributed by atoms with E-state index < -0.39 is 23.9 Å². The second-order valence-electron chi connectivity index (χ2n) is 3.96. The highest BCUT2D eigenvalue weighted by molar-refractivity contribution is 6.07. The Morgan fingerprint density at radius 2 is 2.18 bits per heavy atom. The Bertz CT molecular complexity index is 845. The highest BCUT2D eigenvalue weighted by atomic mass is 16.2. The first-order valence-electron chi connectivity index (χ1n) is 7.64. The van der Waals surface area contributed by atoms with Gasteiger partial charge in [-0.05, 0) is 11.6 Å². The Morgan fingerprint density at radius 3 is 2.88 bits per heavy atom. The number of H-pyrrole nitrogens is 1. The van der Waals surface area contributed by atoms with Crippen molar-refractivity contribution in [2.45, 2.75) is 12.3 Å². The molecule has 1 aromatic carbocycles. The van der Waals surface area contributed by atoms with E-state index in [-0.39, 0.29) is 47.1 Å². The van der Waals surface area contributed by atoms with Crippen molar-refractivity contribution in [3.8, 4) is 0 Å². The first-order chi connectivity index (χ1) is 10.3. The molecule has 17 heavy (non-hydrogen) atoms. The first kappa shape index (κ1) is 6.00. The summed E-state index contributed by atoms with van der Waals surface area (Å²) in [6.07, 6.45) is -0.264. The van der Waals surface area contributed by atoms with Crippen LogP contribution in [0.4, 0.5) is 0 Å². The van der Waals surface area contributed by atoms with Gasteiger partial charge in [-0.2, -0.15) is 0 Å². The quantitative estimate of drug-likeness (QED) is 0.761. The number of benzene rings is 1. The highest BCUT2D eigenvalue weighted by Gasteiger charge is 2.38. The highest BCUT2D eigenvalue weighted by Crippen LogP contribution is 2.33. The van der Waals surface area contributed by atoms with Crippen LogP contribution in [0.25, 0.3) is 10.9 Å². The number of likely N-dealkylation sites (N-methyl/N-ethyl adjacent to an activating group) is 1. The van der Waals surface area contributed by atoms with Gasteiger partial charge in [-0.3, -0.25) is 14.5 Å². The van der Waals surface area contributed by atoms with Gasteiger partial charge in [0.25, 0.3) is 0 Å². The number of aromatic nitrogens is 1. The monoisotopic (exact) mass is 233 g/mol. The molecule has 3 rings (SSSR count). The molecule has 1 N–H and O–H groups in total.